The molecule has 3 aliphatic rings. The number of aliphatic hydroxyl groups is 1. The van der Waals surface area contributed by atoms with Crippen molar-refractivity contribution < 1.29 is 33.3 Å². The number of H-pyrrole nitrogens is 1. The summed E-state index contributed by atoms with van der Waals surface area (Å²) >= 11 is 0. The minimum Gasteiger partial charge on any atom is -0.497 e. The molecule has 1 saturated heterocycles. The van der Waals surface area contributed by atoms with E-state index < -0.39 is 23.3 Å². The quantitative estimate of drug-likeness (QED) is 0.255. The van der Waals surface area contributed by atoms with Gasteiger partial charge in [0.25, 0.3) is 0 Å². The normalized spacial score (nSPS) is 18.3. The molecule has 1 spiro atoms. The third-order valence-electron chi connectivity index (χ3n) is 8.91. The van der Waals surface area contributed by atoms with Crippen LogP contribution in [0.3, 0.4) is 0 Å². The Labute approximate surface area is 252 Å². The van der Waals surface area contributed by atoms with Crippen molar-refractivity contribution in [3.05, 3.63) is 77.7 Å². The number of methoxy groups -OCH3 is 1. The van der Waals surface area contributed by atoms with Crippen LogP contribution in [0.1, 0.15) is 30.1 Å². The van der Waals surface area contributed by atoms with Crippen LogP contribution >= 0.6 is 0 Å². The summed E-state index contributed by atoms with van der Waals surface area (Å²) in [4.78, 5) is 33.9. The van der Waals surface area contributed by atoms with E-state index in [0.29, 0.717) is 61.1 Å². The number of rotatable bonds is 4. The number of benzene rings is 3. The van der Waals surface area contributed by atoms with Gasteiger partial charge in [0.1, 0.15) is 11.6 Å². The number of carbonyl (C=O) groups excluding carboxylic acids is 2. The number of amides is 4. The second kappa shape index (κ2) is 10.9. The molecule has 4 N–H and O–H groups in total. The third-order valence-corrected chi connectivity index (χ3v) is 8.91. The smallest absolute Gasteiger partial charge is 0.322 e. The lowest BCUT2D eigenvalue weighted by molar-refractivity contribution is 0.0801. The lowest BCUT2D eigenvalue weighted by Crippen LogP contribution is -2.56. The number of likely N-dealkylation sites (tertiary alicyclic amines) is 1. The van der Waals surface area contributed by atoms with Gasteiger partial charge in [-0.1, -0.05) is 0 Å². The highest BCUT2D eigenvalue weighted by Gasteiger charge is 2.49. The van der Waals surface area contributed by atoms with Crippen LogP contribution in [0.15, 0.2) is 60.7 Å². The molecule has 0 radical (unpaired) electrons. The molecule has 228 valence electrons. The summed E-state index contributed by atoms with van der Waals surface area (Å²) in [7, 11) is 1.61. The number of piperidine rings is 1. The van der Waals surface area contributed by atoms with Gasteiger partial charge in [-0.05, 0) is 66.9 Å². The average molecular weight is 602 g/mol. The van der Waals surface area contributed by atoms with Crippen molar-refractivity contribution in [3.8, 4) is 17.2 Å². The Balaban J connectivity index is 1.18. The van der Waals surface area contributed by atoms with Gasteiger partial charge in [0, 0.05) is 65.2 Å². The summed E-state index contributed by atoms with van der Waals surface area (Å²) in [6.07, 6.45) is 1.18. The van der Waals surface area contributed by atoms with Gasteiger partial charge in [-0.25, -0.2) is 14.0 Å². The third kappa shape index (κ3) is 4.80. The molecule has 3 aliphatic heterocycles. The maximum atomic E-state index is 13.7. The van der Waals surface area contributed by atoms with Gasteiger partial charge in [0.2, 0.25) is 6.79 Å². The number of ether oxygens (including phenoxy) is 3. The van der Waals surface area contributed by atoms with Crippen molar-refractivity contribution in [2.24, 2.45) is 0 Å². The molecule has 3 aromatic carbocycles. The van der Waals surface area contributed by atoms with Crippen molar-refractivity contribution in [1.82, 2.24) is 14.8 Å². The van der Waals surface area contributed by atoms with Crippen molar-refractivity contribution in [2.45, 2.75) is 24.3 Å². The van der Waals surface area contributed by atoms with E-state index in [-0.39, 0.29) is 19.4 Å². The van der Waals surface area contributed by atoms with E-state index in [1.165, 1.54) is 24.3 Å². The Bertz CT molecular complexity index is 1730. The second-order valence-corrected chi connectivity index (χ2v) is 11.4. The molecule has 4 amide bonds. The fourth-order valence-electron chi connectivity index (χ4n) is 6.67. The predicted octanol–water partition coefficient (Wildman–Crippen LogP) is 5.19. The van der Waals surface area contributed by atoms with Crippen LogP contribution < -0.4 is 24.8 Å². The number of hydrogen-bond acceptors (Lipinski definition) is 6. The highest BCUT2D eigenvalue weighted by molar-refractivity contribution is 5.93. The van der Waals surface area contributed by atoms with Crippen molar-refractivity contribution in [2.75, 3.05) is 50.8 Å². The van der Waals surface area contributed by atoms with Gasteiger partial charge in [0.05, 0.1) is 19.8 Å². The molecular formula is C32H32FN5O6. The van der Waals surface area contributed by atoms with Crippen LogP contribution in [0.5, 0.6) is 17.2 Å². The molecule has 1 fully saturated rings. The Morgan fingerprint density at radius 3 is 2.48 bits per heavy atom. The average Bonchev–Trinajstić information content (AvgIpc) is 3.67. The number of hydrogen-bond donors (Lipinski definition) is 4. The minimum atomic E-state index is -0.637. The largest absolute Gasteiger partial charge is 0.497 e. The lowest BCUT2D eigenvalue weighted by atomic mass is 9.68. The molecular weight excluding hydrogens is 569 g/mol. The summed E-state index contributed by atoms with van der Waals surface area (Å²) in [6, 6.07) is 15.4. The molecule has 4 heterocycles. The Kier molecular flexibility index (Phi) is 6.92. The molecule has 0 bridgehead atoms. The van der Waals surface area contributed by atoms with Crippen LogP contribution in [0, 0.1) is 5.82 Å². The fraction of sp³-hybridized carbons (Fsp3) is 0.312. The van der Waals surface area contributed by atoms with E-state index in [1.54, 1.807) is 35.1 Å². The Hall–Kier alpha value is -4.97. The molecule has 0 aliphatic carbocycles. The molecule has 1 aromatic heterocycles. The van der Waals surface area contributed by atoms with Crippen LogP contribution in [0.2, 0.25) is 0 Å². The number of halogens is 1. The highest BCUT2D eigenvalue weighted by atomic mass is 19.1. The minimum absolute atomic E-state index is 0.152. The van der Waals surface area contributed by atoms with E-state index in [2.05, 4.69) is 15.6 Å². The zero-order valence-electron chi connectivity index (χ0n) is 24.1. The molecule has 0 unspecified atom stereocenters. The maximum absolute atomic E-state index is 13.7. The van der Waals surface area contributed by atoms with E-state index >= 15 is 0 Å². The SMILES string of the molecule is COc1ccc2c3c([nH]c2c1)[C@@H](CO)N(C(=O)Nc1ccc(F)cc1)CC31CCN(C(=O)Nc2ccc3c(c2)OCO3)CC1. The summed E-state index contributed by atoms with van der Waals surface area (Å²) in [6.45, 7) is 1.09. The number of carbonyl (C=O) groups is 2. The molecule has 1 atom stereocenters. The molecule has 12 heteroatoms. The van der Waals surface area contributed by atoms with Crippen LogP contribution in [0.25, 0.3) is 10.9 Å². The number of urea groups is 2. The first kappa shape index (κ1) is 27.8. The molecule has 7 rings (SSSR count). The number of nitrogens with one attached hydrogen (secondary N) is 3. The van der Waals surface area contributed by atoms with Crippen LogP contribution in [-0.4, -0.2) is 72.1 Å². The first-order valence-electron chi connectivity index (χ1n) is 14.5. The number of anilines is 2. The summed E-state index contributed by atoms with van der Waals surface area (Å²) in [5, 5.41) is 17.4. The van der Waals surface area contributed by atoms with Gasteiger partial charge < -0.3 is 44.7 Å². The topological polar surface area (TPSA) is 128 Å². The van der Waals surface area contributed by atoms with E-state index in [9.17, 15) is 19.1 Å². The highest BCUT2D eigenvalue weighted by Crippen LogP contribution is 2.49. The van der Waals surface area contributed by atoms with E-state index in [1.807, 2.05) is 18.2 Å². The zero-order valence-corrected chi connectivity index (χ0v) is 24.1. The van der Waals surface area contributed by atoms with Gasteiger partial charge in [-0.15, -0.1) is 0 Å². The van der Waals surface area contributed by atoms with Crippen LogP contribution in [0.4, 0.5) is 25.4 Å². The number of aromatic nitrogens is 1. The van der Waals surface area contributed by atoms with Gasteiger partial charge in [0.15, 0.2) is 11.5 Å². The van der Waals surface area contributed by atoms with E-state index in [0.717, 1.165) is 22.2 Å². The van der Waals surface area contributed by atoms with Crippen molar-refractivity contribution in [1.29, 1.82) is 0 Å². The van der Waals surface area contributed by atoms with Crippen molar-refractivity contribution >= 4 is 34.3 Å². The van der Waals surface area contributed by atoms with Crippen molar-refractivity contribution in [3.63, 3.8) is 0 Å². The number of aromatic amines is 1. The van der Waals surface area contributed by atoms with E-state index in [4.69, 9.17) is 14.2 Å². The Morgan fingerprint density at radius 2 is 1.73 bits per heavy atom. The summed E-state index contributed by atoms with van der Waals surface area (Å²) in [5.74, 6) is 1.51. The second-order valence-electron chi connectivity index (χ2n) is 11.4. The first-order chi connectivity index (χ1) is 21.4. The maximum Gasteiger partial charge on any atom is 0.322 e. The number of aliphatic hydroxyl groups excluding tert-OH is 1. The van der Waals surface area contributed by atoms with Gasteiger partial charge in [-0.3, -0.25) is 0 Å². The lowest BCUT2D eigenvalue weighted by Gasteiger charge is -2.50. The summed E-state index contributed by atoms with van der Waals surface area (Å²) in [5.41, 5.74) is 3.22. The molecule has 0 saturated carbocycles. The first-order valence-corrected chi connectivity index (χ1v) is 14.5. The number of nitrogens with zero attached hydrogens (tertiary/aromatic N) is 2. The molecule has 44 heavy (non-hydrogen) atoms. The van der Waals surface area contributed by atoms with Gasteiger partial charge in [-0.2, -0.15) is 0 Å². The Morgan fingerprint density at radius 1 is 1.00 bits per heavy atom. The zero-order chi connectivity index (χ0) is 30.4. The molecule has 11 nitrogen and oxygen atoms in total. The standard InChI is InChI=1S/C32H32FN5O6/c1-42-22-7-8-23-24(15-22)36-29-25(16-39)38(31(41)34-20-4-2-19(33)3-5-20)17-32(28(23)29)10-12-37(13-11-32)30(40)35-21-6-9-26-27(14-21)44-18-43-26/h2-9,14-15,25,36,39H,10-13,16-18H2,1H3,(H,34,41)(H,35,40)/t25-/m1/s1. The molecule has 4 aromatic rings. The predicted molar refractivity (Wildman–Crippen MR) is 161 cm³/mol. The monoisotopic (exact) mass is 601 g/mol. The van der Waals surface area contributed by atoms with Crippen LogP contribution in [-0.2, 0) is 5.41 Å². The number of fused-ring (bicyclic) bond motifs is 5. The fourth-order valence-corrected chi connectivity index (χ4v) is 6.67. The van der Waals surface area contributed by atoms with Gasteiger partial charge >= 0.3 is 12.1 Å². The summed E-state index contributed by atoms with van der Waals surface area (Å²) < 4.78 is 29.8.